The number of hydrogen-bond acceptors (Lipinski definition) is 5. The van der Waals surface area contributed by atoms with Gasteiger partial charge in [-0.2, -0.15) is 0 Å². The number of phenolic OH excluding ortho intramolecular Hbond substituents is 2. The van der Waals surface area contributed by atoms with Gasteiger partial charge in [0, 0.05) is 23.6 Å². The predicted octanol–water partition coefficient (Wildman–Crippen LogP) is 1.82. The lowest BCUT2D eigenvalue weighted by Gasteiger charge is -2.07. The molecule has 102 valence electrons. The fourth-order valence-electron chi connectivity index (χ4n) is 2.26. The van der Waals surface area contributed by atoms with Gasteiger partial charge >= 0.3 is 0 Å². The third-order valence-electron chi connectivity index (χ3n) is 3.24. The average Bonchev–Trinajstić information content (AvgIpc) is 2.71. The molecule has 0 unspecified atom stereocenters. The smallest absolute Gasteiger partial charge is 0.164 e. The van der Waals surface area contributed by atoms with Crippen LogP contribution in [0.2, 0.25) is 0 Å². The summed E-state index contributed by atoms with van der Waals surface area (Å²) >= 11 is 0. The molecule has 1 aromatic carbocycles. The molecule has 1 aliphatic carbocycles. The van der Waals surface area contributed by atoms with Crippen LogP contribution in [0.3, 0.4) is 0 Å². The average molecular weight is 273 g/mol. The Balaban J connectivity index is 2.17. The first-order chi connectivity index (χ1) is 9.47. The number of hydrogen-bond donors (Lipinski definition) is 5. The van der Waals surface area contributed by atoms with Gasteiger partial charge in [0.05, 0.1) is 11.4 Å². The summed E-state index contributed by atoms with van der Waals surface area (Å²) in [6.45, 7) is 0. The maximum atomic E-state index is 11.4. The lowest BCUT2D eigenvalue weighted by Crippen LogP contribution is -2.07. The third kappa shape index (κ3) is 1.70. The van der Waals surface area contributed by atoms with Crippen molar-refractivity contribution < 1.29 is 25.2 Å². The summed E-state index contributed by atoms with van der Waals surface area (Å²) in [5.41, 5.74) is 1.29. The van der Waals surface area contributed by atoms with Crippen LogP contribution in [0.25, 0.3) is 17.0 Å². The number of allylic oxidation sites excluding steroid dienone is 1. The monoisotopic (exact) mass is 273 g/mol. The molecule has 5 N–H and O–H groups in total. The maximum absolute atomic E-state index is 11.4. The zero-order valence-electron chi connectivity index (χ0n) is 10.2. The van der Waals surface area contributed by atoms with Crippen molar-refractivity contribution >= 4 is 11.5 Å². The molecule has 0 atom stereocenters. The SMILES string of the molecule is O=C1C=C(O)c2[nH]c(-c3ccc(O)c(O)c3)c(O)c2C1. The highest BCUT2D eigenvalue weighted by molar-refractivity contribution is 6.01. The molecule has 0 saturated heterocycles. The number of aliphatic hydroxyl groups is 1. The van der Waals surface area contributed by atoms with Gasteiger partial charge in [-0.3, -0.25) is 4.79 Å². The molecule has 0 saturated carbocycles. The number of ketones is 1. The van der Waals surface area contributed by atoms with E-state index in [4.69, 9.17) is 0 Å². The molecule has 1 aliphatic rings. The summed E-state index contributed by atoms with van der Waals surface area (Å²) in [7, 11) is 0. The van der Waals surface area contributed by atoms with Crippen LogP contribution in [-0.4, -0.2) is 31.2 Å². The summed E-state index contributed by atoms with van der Waals surface area (Å²) in [6.07, 6.45) is 1.09. The van der Waals surface area contributed by atoms with E-state index in [1.807, 2.05) is 0 Å². The molecule has 1 aromatic heterocycles. The Kier molecular flexibility index (Phi) is 2.47. The molecule has 0 amide bonds. The molecule has 0 spiro atoms. The normalized spacial score (nSPS) is 14.0. The van der Waals surface area contributed by atoms with Crippen molar-refractivity contribution in [3.05, 3.63) is 35.5 Å². The van der Waals surface area contributed by atoms with Gasteiger partial charge < -0.3 is 25.4 Å². The number of aromatic hydroxyl groups is 3. The van der Waals surface area contributed by atoms with E-state index >= 15 is 0 Å². The minimum Gasteiger partial charge on any atom is -0.506 e. The number of carbonyl (C=O) groups is 1. The lowest BCUT2D eigenvalue weighted by atomic mass is 10.0. The molecule has 1 heterocycles. The van der Waals surface area contributed by atoms with Gasteiger partial charge in [-0.1, -0.05) is 0 Å². The van der Waals surface area contributed by atoms with Crippen LogP contribution < -0.4 is 0 Å². The van der Waals surface area contributed by atoms with Crippen molar-refractivity contribution in [1.82, 2.24) is 4.98 Å². The minimum absolute atomic E-state index is 0.00814. The Morgan fingerprint density at radius 2 is 1.75 bits per heavy atom. The summed E-state index contributed by atoms with van der Waals surface area (Å²) in [5, 5.41) is 38.7. The van der Waals surface area contributed by atoms with Crippen molar-refractivity contribution in [2.24, 2.45) is 0 Å². The topological polar surface area (TPSA) is 114 Å². The van der Waals surface area contributed by atoms with Gasteiger partial charge in [0.1, 0.15) is 11.5 Å². The Labute approximate surface area is 113 Å². The number of fused-ring (bicyclic) bond motifs is 1. The summed E-state index contributed by atoms with van der Waals surface area (Å²) in [5.74, 6) is -1.30. The highest BCUT2D eigenvalue weighted by Crippen LogP contribution is 2.40. The van der Waals surface area contributed by atoms with E-state index in [1.54, 1.807) is 0 Å². The Morgan fingerprint density at radius 3 is 2.45 bits per heavy atom. The highest BCUT2D eigenvalue weighted by Gasteiger charge is 2.26. The van der Waals surface area contributed by atoms with E-state index < -0.39 is 0 Å². The van der Waals surface area contributed by atoms with Crippen LogP contribution in [-0.2, 0) is 11.2 Å². The van der Waals surface area contributed by atoms with Gasteiger partial charge in [0.25, 0.3) is 0 Å². The van der Waals surface area contributed by atoms with Crippen LogP contribution in [0, 0.1) is 0 Å². The third-order valence-corrected chi connectivity index (χ3v) is 3.24. The minimum atomic E-state index is -0.328. The fraction of sp³-hybridized carbons (Fsp3) is 0.0714. The van der Waals surface area contributed by atoms with Crippen LogP contribution in [0.15, 0.2) is 24.3 Å². The molecule has 0 radical (unpaired) electrons. The number of benzene rings is 1. The first-order valence-electron chi connectivity index (χ1n) is 5.87. The quantitative estimate of drug-likeness (QED) is 0.508. The van der Waals surface area contributed by atoms with Crippen LogP contribution in [0.1, 0.15) is 11.3 Å². The summed E-state index contributed by atoms with van der Waals surface area (Å²) in [6, 6.07) is 4.05. The molecule has 6 heteroatoms. The van der Waals surface area contributed by atoms with E-state index in [9.17, 15) is 25.2 Å². The van der Waals surface area contributed by atoms with Crippen LogP contribution in [0.5, 0.6) is 17.2 Å². The molecule has 20 heavy (non-hydrogen) atoms. The van der Waals surface area contributed by atoms with E-state index in [2.05, 4.69) is 4.98 Å². The number of rotatable bonds is 1. The van der Waals surface area contributed by atoms with E-state index in [0.717, 1.165) is 6.08 Å². The number of aromatic nitrogens is 1. The number of phenols is 2. The molecule has 0 bridgehead atoms. The molecule has 2 aromatic rings. The van der Waals surface area contributed by atoms with E-state index in [0.29, 0.717) is 11.1 Å². The van der Waals surface area contributed by atoms with Crippen molar-refractivity contribution in [1.29, 1.82) is 0 Å². The predicted molar refractivity (Wildman–Crippen MR) is 70.5 cm³/mol. The molecule has 0 fully saturated rings. The lowest BCUT2D eigenvalue weighted by molar-refractivity contribution is -0.114. The molecule has 3 rings (SSSR count). The van der Waals surface area contributed by atoms with Gasteiger partial charge in [-0.15, -0.1) is 0 Å². The van der Waals surface area contributed by atoms with Gasteiger partial charge in [-0.05, 0) is 18.2 Å². The maximum Gasteiger partial charge on any atom is 0.164 e. The zero-order valence-corrected chi connectivity index (χ0v) is 10.2. The van der Waals surface area contributed by atoms with Crippen molar-refractivity contribution in [2.45, 2.75) is 6.42 Å². The number of H-pyrrole nitrogens is 1. The fourth-order valence-corrected chi connectivity index (χ4v) is 2.26. The number of aromatic amines is 1. The second kappa shape index (κ2) is 4.06. The molecule has 0 aliphatic heterocycles. The Hall–Kier alpha value is -2.89. The van der Waals surface area contributed by atoms with Crippen LogP contribution >= 0.6 is 0 Å². The van der Waals surface area contributed by atoms with E-state index in [1.165, 1.54) is 18.2 Å². The molecule has 6 nitrogen and oxygen atoms in total. The first-order valence-corrected chi connectivity index (χ1v) is 5.87. The van der Waals surface area contributed by atoms with Crippen molar-refractivity contribution in [3.63, 3.8) is 0 Å². The molecular formula is C14H11NO5. The standard InChI is InChI=1S/C14H11NO5/c16-7-4-8-13(11(19)5-7)15-12(14(8)20)6-1-2-9(17)10(18)3-6/h1-3,5,15,17-20H,4H2. The van der Waals surface area contributed by atoms with Gasteiger partial charge in [0.2, 0.25) is 0 Å². The summed E-state index contributed by atoms with van der Waals surface area (Å²) < 4.78 is 0. The van der Waals surface area contributed by atoms with Crippen LogP contribution in [0.4, 0.5) is 0 Å². The molecular weight excluding hydrogens is 262 g/mol. The van der Waals surface area contributed by atoms with Crippen molar-refractivity contribution in [3.8, 4) is 28.5 Å². The number of carbonyl (C=O) groups excluding carboxylic acids is 1. The van der Waals surface area contributed by atoms with Gasteiger partial charge in [0.15, 0.2) is 17.3 Å². The number of nitrogens with one attached hydrogen (secondary N) is 1. The highest BCUT2D eigenvalue weighted by atomic mass is 16.3. The van der Waals surface area contributed by atoms with E-state index in [-0.39, 0.29) is 46.6 Å². The Bertz CT molecular complexity index is 757. The largest absolute Gasteiger partial charge is 0.506 e. The number of aliphatic hydroxyl groups excluding tert-OH is 1. The van der Waals surface area contributed by atoms with Gasteiger partial charge in [-0.25, -0.2) is 0 Å². The first kappa shape index (κ1) is 12.2. The zero-order chi connectivity index (χ0) is 14.4. The second-order valence-electron chi connectivity index (χ2n) is 4.58. The van der Waals surface area contributed by atoms with Crippen molar-refractivity contribution in [2.75, 3.05) is 0 Å². The second-order valence-corrected chi connectivity index (χ2v) is 4.58. The Morgan fingerprint density at radius 1 is 1.00 bits per heavy atom. The summed E-state index contributed by atoms with van der Waals surface area (Å²) in [4.78, 5) is 14.2.